The number of ether oxygens (including phenoxy) is 3. The number of carbonyl (C=O) groups is 3. The van der Waals surface area contributed by atoms with Crippen molar-refractivity contribution in [3.05, 3.63) is 48.6 Å². The van der Waals surface area contributed by atoms with Crippen molar-refractivity contribution < 1.29 is 28.6 Å². The molecule has 0 aromatic carbocycles. The minimum Gasteiger partial charge on any atom is -0.462 e. The molecule has 0 fully saturated rings. The first-order valence-electron chi connectivity index (χ1n) is 28.6. The summed E-state index contributed by atoms with van der Waals surface area (Å²) in [4.78, 5) is 38.1. The normalized spacial score (nSPS) is 12.3. The SMILES string of the molecule is CCCC/C=C\C/C=C\CCCCCCCC(=O)OCC(COC(=O)CCCCCCCCC/C=C\CCCCCCCCC)OC(=O)CCCCCCC/C=C\CCCCCCCCC. The molecular weight excluding hydrogens is 817 g/mol. The van der Waals surface area contributed by atoms with E-state index in [-0.39, 0.29) is 31.1 Å². The van der Waals surface area contributed by atoms with Gasteiger partial charge in [-0.2, -0.15) is 0 Å². The van der Waals surface area contributed by atoms with Gasteiger partial charge < -0.3 is 14.2 Å². The lowest BCUT2D eigenvalue weighted by atomic mass is 10.1. The van der Waals surface area contributed by atoms with Gasteiger partial charge in [0.25, 0.3) is 0 Å². The molecule has 0 aliphatic carbocycles. The smallest absolute Gasteiger partial charge is 0.306 e. The highest BCUT2D eigenvalue weighted by molar-refractivity contribution is 5.71. The average Bonchev–Trinajstić information content (AvgIpc) is 3.31. The van der Waals surface area contributed by atoms with Crippen LogP contribution in [0.1, 0.15) is 297 Å². The molecule has 384 valence electrons. The molecule has 0 saturated heterocycles. The second kappa shape index (κ2) is 55.0. The van der Waals surface area contributed by atoms with Crippen LogP contribution in [0.3, 0.4) is 0 Å². The summed E-state index contributed by atoms with van der Waals surface area (Å²) in [6, 6.07) is 0. The molecule has 0 radical (unpaired) electrons. The van der Waals surface area contributed by atoms with Crippen molar-refractivity contribution in [1.82, 2.24) is 0 Å². The highest BCUT2D eigenvalue weighted by atomic mass is 16.6. The third-order valence-electron chi connectivity index (χ3n) is 12.5. The number of carbonyl (C=O) groups excluding carboxylic acids is 3. The zero-order chi connectivity index (χ0) is 47.9. The zero-order valence-electron chi connectivity index (χ0n) is 44.0. The second-order valence-electron chi connectivity index (χ2n) is 19.2. The first kappa shape index (κ1) is 63.4. The Morgan fingerprint density at radius 2 is 0.561 bits per heavy atom. The van der Waals surface area contributed by atoms with Crippen LogP contribution in [-0.2, 0) is 28.6 Å². The van der Waals surface area contributed by atoms with Crippen LogP contribution in [0.2, 0.25) is 0 Å². The molecule has 0 amide bonds. The van der Waals surface area contributed by atoms with E-state index in [2.05, 4.69) is 69.4 Å². The van der Waals surface area contributed by atoms with Crippen molar-refractivity contribution >= 4 is 17.9 Å². The zero-order valence-corrected chi connectivity index (χ0v) is 44.0. The van der Waals surface area contributed by atoms with Gasteiger partial charge in [-0.3, -0.25) is 14.4 Å². The quantitative estimate of drug-likeness (QED) is 0.0262. The van der Waals surface area contributed by atoms with Crippen LogP contribution in [0.25, 0.3) is 0 Å². The highest BCUT2D eigenvalue weighted by Crippen LogP contribution is 2.15. The maximum absolute atomic E-state index is 12.8. The van der Waals surface area contributed by atoms with Gasteiger partial charge in [-0.1, -0.05) is 230 Å². The summed E-state index contributed by atoms with van der Waals surface area (Å²) in [5.41, 5.74) is 0. The molecule has 0 N–H and O–H groups in total. The molecule has 0 spiro atoms. The molecule has 0 aliphatic rings. The van der Waals surface area contributed by atoms with Gasteiger partial charge in [0, 0.05) is 19.3 Å². The standard InChI is InChI=1S/C60H108O6/c1-4-7-10-13-16-19-22-25-28-30-31-33-35-38-41-44-47-50-53-59(62)65-56-57(55-64-58(61)52-49-46-43-40-37-34-27-24-21-18-15-12-9-6-3)66-60(63)54-51-48-45-42-39-36-32-29-26-23-20-17-14-11-8-5-2/h15,18,24,27-30,32,57H,4-14,16-17,19-23,25-26,31,33-56H2,1-3H3/b18-15-,27-24-,30-28-,32-29-. The van der Waals surface area contributed by atoms with Crippen molar-refractivity contribution in [2.24, 2.45) is 0 Å². The summed E-state index contributed by atoms with van der Waals surface area (Å²) >= 11 is 0. The van der Waals surface area contributed by atoms with Gasteiger partial charge in [0.1, 0.15) is 13.2 Å². The van der Waals surface area contributed by atoms with Gasteiger partial charge in [-0.15, -0.1) is 0 Å². The van der Waals surface area contributed by atoms with Crippen molar-refractivity contribution in [2.45, 2.75) is 303 Å². The van der Waals surface area contributed by atoms with Gasteiger partial charge >= 0.3 is 17.9 Å². The fraction of sp³-hybridized carbons (Fsp3) is 0.817. The van der Waals surface area contributed by atoms with E-state index in [1.54, 1.807) is 0 Å². The highest BCUT2D eigenvalue weighted by Gasteiger charge is 2.19. The predicted octanol–water partition coefficient (Wildman–Crippen LogP) is 19.0. The van der Waals surface area contributed by atoms with Crippen molar-refractivity contribution in [3.63, 3.8) is 0 Å². The van der Waals surface area contributed by atoms with E-state index in [9.17, 15) is 14.4 Å². The second-order valence-corrected chi connectivity index (χ2v) is 19.2. The number of hydrogen-bond donors (Lipinski definition) is 0. The minimum absolute atomic E-state index is 0.0819. The summed E-state index contributed by atoms with van der Waals surface area (Å²) < 4.78 is 16.8. The van der Waals surface area contributed by atoms with E-state index in [1.807, 2.05) is 0 Å². The third kappa shape index (κ3) is 52.3. The average molecular weight is 926 g/mol. The molecule has 1 unspecified atom stereocenters. The molecule has 0 saturated carbocycles. The number of allylic oxidation sites excluding steroid dienone is 8. The van der Waals surface area contributed by atoms with Gasteiger partial charge in [0.15, 0.2) is 6.10 Å². The van der Waals surface area contributed by atoms with E-state index in [0.717, 1.165) is 89.9 Å². The lowest BCUT2D eigenvalue weighted by Gasteiger charge is -2.18. The Bertz CT molecular complexity index is 1150. The maximum Gasteiger partial charge on any atom is 0.306 e. The van der Waals surface area contributed by atoms with Crippen molar-refractivity contribution in [1.29, 1.82) is 0 Å². The molecule has 0 bridgehead atoms. The Kier molecular flexibility index (Phi) is 52.8. The first-order valence-corrected chi connectivity index (χ1v) is 28.6. The van der Waals surface area contributed by atoms with Gasteiger partial charge in [0.05, 0.1) is 0 Å². The summed E-state index contributed by atoms with van der Waals surface area (Å²) in [5, 5.41) is 0. The van der Waals surface area contributed by atoms with E-state index >= 15 is 0 Å². The molecule has 0 rings (SSSR count). The lowest BCUT2D eigenvalue weighted by molar-refractivity contribution is -0.167. The summed E-state index contributed by atoms with van der Waals surface area (Å²) in [6.45, 7) is 6.60. The van der Waals surface area contributed by atoms with Crippen LogP contribution < -0.4 is 0 Å². The maximum atomic E-state index is 12.8. The molecule has 1 atom stereocenters. The minimum atomic E-state index is -0.784. The number of esters is 3. The van der Waals surface area contributed by atoms with E-state index < -0.39 is 6.10 Å². The molecule has 66 heavy (non-hydrogen) atoms. The topological polar surface area (TPSA) is 78.9 Å². The summed E-state index contributed by atoms with van der Waals surface area (Å²) in [5.74, 6) is -0.897. The Labute approximate surface area is 409 Å². The number of hydrogen-bond acceptors (Lipinski definition) is 6. The fourth-order valence-corrected chi connectivity index (χ4v) is 8.15. The summed E-state index contributed by atoms with van der Waals surface area (Å²) in [6.07, 6.45) is 66.7. The molecule has 0 heterocycles. The number of unbranched alkanes of at least 4 members (excludes halogenated alkanes) is 33. The molecule has 0 aromatic heterocycles. The van der Waals surface area contributed by atoms with Crippen LogP contribution in [0.4, 0.5) is 0 Å². The largest absolute Gasteiger partial charge is 0.462 e. The molecule has 0 aromatic rings. The van der Waals surface area contributed by atoms with Gasteiger partial charge in [0.2, 0.25) is 0 Å². The van der Waals surface area contributed by atoms with E-state index in [4.69, 9.17) is 14.2 Å². The van der Waals surface area contributed by atoms with Gasteiger partial charge in [-0.05, 0) is 96.3 Å². The molecule has 6 heteroatoms. The van der Waals surface area contributed by atoms with Crippen LogP contribution in [0.15, 0.2) is 48.6 Å². The van der Waals surface area contributed by atoms with Crippen LogP contribution in [-0.4, -0.2) is 37.2 Å². The Morgan fingerprint density at radius 1 is 0.303 bits per heavy atom. The van der Waals surface area contributed by atoms with Crippen LogP contribution >= 0.6 is 0 Å². The monoisotopic (exact) mass is 925 g/mol. The summed E-state index contributed by atoms with van der Waals surface area (Å²) in [7, 11) is 0. The molecule has 6 nitrogen and oxygen atoms in total. The van der Waals surface area contributed by atoms with E-state index in [1.165, 1.54) is 167 Å². The Morgan fingerprint density at radius 3 is 0.894 bits per heavy atom. The third-order valence-corrected chi connectivity index (χ3v) is 12.5. The van der Waals surface area contributed by atoms with Gasteiger partial charge in [-0.25, -0.2) is 0 Å². The lowest BCUT2D eigenvalue weighted by Crippen LogP contribution is -2.30. The predicted molar refractivity (Wildman–Crippen MR) is 284 cm³/mol. The Balaban J connectivity index is 4.38. The fourth-order valence-electron chi connectivity index (χ4n) is 8.15. The van der Waals surface area contributed by atoms with Crippen molar-refractivity contribution in [3.8, 4) is 0 Å². The molecular formula is C60H108O6. The van der Waals surface area contributed by atoms with Crippen molar-refractivity contribution in [2.75, 3.05) is 13.2 Å². The number of rotatable bonds is 52. The van der Waals surface area contributed by atoms with Crippen LogP contribution in [0.5, 0.6) is 0 Å². The van der Waals surface area contributed by atoms with Crippen LogP contribution in [0, 0.1) is 0 Å². The molecule has 0 aliphatic heterocycles. The van der Waals surface area contributed by atoms with E-state index in [0.29, 0.717) is 19.3 Å². The Hall–Kier alpha value is -2.63. The first-order chi connectivity index (χ1) is 32.5.